The Morgan fingerprint density at radius 3 is 2.80 bits per heavy atom. The summed E-state index contributed by atoms with van der Waals surface area (Å²) in [6, 6.07) is 10.0. The molecule has 0 aliphatic rings. The molecule has 0 amide bonds. The Kier molecular flexibility index (Phi) is 10.7. The molecule has 0 fully saturated rings. The molecule has 2 rings (SSSR count). The van der Waals surface area contributed by atoms with Crippen molar-refractivity contribution in [1.82, 2.24) is 20.4 Å². The van der Waals surface area contributed by atoms with E-state index in [9.17, 15) is 0 Å². The molecule has 7 heteroatoms. The van der Waals surface area contributed by atoms with Crippen molar-refractivity contribution in [2.75, 3.05) is 26.7 Å². The molecule has 0 unspecified atom stereocenters. The SMILES string of the molecule is CCNC(=NCCCn1cccn1)NCCc1ccccc1OC.I. The second-order valence-electron chi connectivity index (χ2n) is 5.37. The number of rotatable bonds is 9. The molecular weight excluding hydrogens is 429 g/mol. The van der Waals surface area contributed by atoms with Gasteiger partial charge in [-0.2, -0.15) is 5.10 Å². The first-order valence-electron chi connectivity index (χ1n) is 8.45. The Bertz CT molecular complexity index is 616. The quantitative estimate of drug-likeness (QED) is 0.263. The molecule has 2 N–H and O–H groups in total. The maximum absolute atomic E-state index is 5.38. The number of nitrogens with one attached hydrogen (secondary N) is 2. The van der Waals surface area contributed by atoms with Crippen molar-refractivity contribution in [2.24, 2.45) is 4.99 Å². The van der Waals surface area contributed by atoms with Gasteiger partial charge in [0.15, 0.2) is 5.96 Å². The fraction of sp³-hybridized carbons (Fsp3) is 0.444. The molecule has 0 radical (unpaired) electrons. The Morgan fingerprint density at radius 2 is 2.08 bits per heavy atom. The third kappa shape index (κ3) is 7.76. The molecule has 6 nitrogen and oxygen atoms in total. The van der Waals surface area contributed by atoms with Gasteiger partial charge in [0.2, 0.25) is 0 Å². The first-order chi connectivity index (χ1) is 11.8. The average molecular weight is 457 g/mol. The second-order valence-corrected chi connectivity index (χ2v) is 5.37. The van der Waals surface area contributed by atoms with E-state index in [0.717, 1.165) is 50.7 Å². The molecule has 25 heavy (non-hydrogen) atoms. The van der Waals surface area contributed by atoms with Crippen LogP contribution in [0, 0.1) is 0 Å². The number of halogens is 1. The monoisotopic (exact) mass is 457 g/mol. The number of hydrogen-bond donors (Lipinski definition) is 2. The summed E-state index contributed by atoms with van der Waals surface area (Å²) in [6.45, 7) is 5.38. The number of aromatic nitrogens is 2. The van der Waals surface area contributed by atoms with Crippen molar-refractivity contribution in [3.8, 4) is 5.75 Å². The van der Waals surface area contributed by atoms with Gasteiger partial charge in [0, 0.05) is 38.6 Å². The minimum Gasteiger partial charge on any atom is -0.496 e. The van der Waals surface area contributed by atoms with Crippen LogP contribution in [-0.2, 0) is 13.0 Å². The molecule has 0 bridgehead atoms. The lowest BCUT2D eigenvalue weighted by atomic mass is 10.1. The minimum absolute atomic E-state index is 0. The van der Waals surface area contributed by atoms with E-state index in [-0.39, 0.29) is 24.0 Å². The highest BCUT2D eigenvalue weighted by molar-refractivity contribution is 14.0. The summed E-state index contributed by atoms with van der Waals surface area (Å²) in [6.07, 6.45) is 5.62. The van der Waals surface area contributed by atoms with Crippen LogP contribution < -0.4 is 15.4 Å². The number of para-hydroxylation sites is 1. The van der Waals surface area contributed by atoms with Gasteiger partial charge in [0.1, 0.15) is 5.75 Å². The van der Waals surface area contributed by atoms with Crippen molar-refractivity contribution in [2.45, 2.75) is 26.3 Å². The summed E-state index contributed by atoms with van der Waals surface area (Å²) in [5, 5.41) is 10.8. The molecule has 0 aliphatic carbocycles. The van der Waals surface area contributed by atoms with E-state index in [1.165, 1.54) is 5.56 Å². The first kappa shape index (κ1) is 21.3. The lowest BCUT2D eigenvalue weighted by Gasteiger charge is -2.12. The van der Waals surface area contributed by atoms with Crippen molar-refractivity contribution >= 4 is 29.9 Å². The van der Waals surface area contributed by atoms with E-state index >= 15 is 0 Å². The number of guanidine groups is 1. The predicted molar refractivity (Wildman–Crippen MR) is 113 cm³/mol. The van der Waals surface area contributed by atoms with Crippen LogP contribution in [0.1, 0.15) is 18.9 Å². The van der Waals surface area contributed by atoms with Gasteiger partial charge in [-0.25, -0.2) is 0 Å². The van der Waals surface area contributed by atoms with Crippen LogP contribution in [0.5, 0.6) is 5.75 Å². The molecule has 138 valence electrons. The zero-order chi connectivity index (χ0) is 17.0. The van der Waals surface area contributed by atoms with Gasteiger partial charge in [-0.3, -0.25) is 9.67 Å². The van der Waals surface area contributed by atoms with Crippen LogP contribution in [0.3, 0.4) is 0 Å². The van der Waals surface area contributed by atoms with Crippen LogP contribution >= 0.6 is 24.0 Å². The molecule has 0 atom stereocenters. The fourth-order valence-corrected chi connectivity index (χ4v) is 2.42. The van der Waals surface area contributed by atoms with Gasteiger partial charge in [-0.1, -0.05) is 18.2 Å². The summed E-state index contributed by atoms with van der Waals surface area (Å²) in [7, 11) is 1.71. The second kappa shape index (κ2) is 12.6. The normalized spacial score (nSPS) is 10.9. The minimum atomic E-state index is 0. The van der Waals surface area contributed by atoms with Crippen LogP contribution in [-0.4, -0.2) is 42.5 Å². The molecule has 0 spiro atoms. The van der Waals surface area contributed by atoms with Gasteiger partial charge < -0.3 is 15.4 Å². The maximum atomic E-state index is 5.38. The van der Waals surface area contributed by atoms with Gasteiger partial charge in [0.05, 0.1) is 7.11 Å². The summed E-state index contributed by atoms with van der Waals surface area (Å²) in [5.74, 6) is 1.79. The van der Waals surface area contributed by atoms with Crippen molar-refractivity contribution < 1.29 is 4.74 Å². The number of aliphatic imine (C=N–C) groups is 1. The fourth-order valence-electron chi connectivity index (χ4n) is 2.42. The number of nitrogens with zero attached hydrogens (tertiary/aromatic N) is 3. The third-order valence-corrected chi connectivity index (χ3v) is 3.60. The average Bonchev–Trinajstić information content (AvgIpc) is 3.12. The van der Waals surface area contributed by atoms with Gasteiger partial charge in [-0.05, 0) is 37.5 Å². The smallest absolute Gasteiger partial charge is 0.191 e. The van der Waals surface area contributed by atoms with Crippen LogP contribution in [0.15, 0.2) is 47.7 Å². The van der Waals surface area contributed by atoms with Crippen LogP contribution in [0.4, 0.5) is 0 Å². The molecule has 2 aromatic rings. The van der Waals surface area contributed by atoms with E-state index < -0.39 is 0 Å². The van der Waals surface area contributed by atoms with Crippen molar-refractivity contribution in [1.29, 1.82) is 0 Å². The number of ether oxygens (including phenoxy) is 1. The Labute approximate surface area is 167 Å². The standard InChI is InChI=1S/C18H27N5O.HI/c1-3-19-18(20-11-6-14-23-15-7-12-22-23)21-13-10-16-8-4-5-9-17(16)24-2;/h4-5,7-9,12,15H,3,6,10-11,13-14H2,1-2H3,(H2,19,20,21);1H. The number of hydrogen-bond acceptors (Lipinski definition) is 3. The summed E-state index contributed by atoms with van der Waals surface area (Å²) < 4.78 is 7.31. The molecule has 1 heterocycles. The first-order valence-corrected chi connectivity index (χ1v) is 8.45. The Morgan fingerprint density at radius 1 is 1.24 bits per heavy atom. The third-order valence-electron chi connectivity index (χ3n) is 3.60. The Balaban J connectivity index is 0.00000312. The van der Waals surface area contributed by atoms with E-state index in [4.69, 9.17) is 4.74 Å². The number of aryl methyl sites for hydroxylation is 1. The van der Waals surface area contributed by atoms with E-state index in [1.54, 1.807) is 13.3 Å². The van der Waals surface area contributed by atoms with Crippen molar-refractivity contribution in [3.05, 3.63) is 48.3 Å². The van der Waals surface area contributed by atoms with E-state index in [2.05, 4.69) is 33.7 Å². The highest BCUT2D eigenvalue weighted by atomic mass is 127. The van der Waals surface area contributed by atoms with Crippen LogP contribution in [0.25, 0.3) is 0 Å². The van der Waals surface area contributed by atoms with Crippen LogP contribution in [0.2, 0.25) is 0 Å². The van der Waals surface area contributed by atoms with Gasteiger partial charge in [0.25, 0.3) is 0 Å². The van der Waals surface area contributed by atoms with E-state index in [1.807, 2.05) is 35.1 Å². The maximum Gasteiger partial charge on any atom is 0.191 e. The highest BCUT2D eigenvalue weighted by Crippen LogP contribution is 2.17. The molecule has 0 saturated carbocycles. The number of methoxy groups -OCH3 is 1. The molecule has 0 saturated heterocycles. The Hall–Kier alpha value is -1.77. The lowest BCUT2D eigenvalue weighted by Crippen LogP contribution is -2.38. The number of benzene rings is 1. The largest absolute Gasteiger partial charge is 0.496 e. The van der Waals surface area contributed by atoms with Crippen molar-refractivity contribution in [3.63, 3.8) is 0 Å². The zero-order valence-electron chi connectivity index (χ0n) is 14.9. The summed E-state index contributed by atoms with van der Waals surface area (Å²) in [5.41, 5.74) is 1.20. The van der Waals surface area contributed by atoms with E-state index in [0.29, 0.717) is 0 Å². The molecular formula is C18H28IN5O. The predicted octanol–water partition coefficient (Wildman–Crippen LogP) is 2.70. The summed E-state index contributed by atoms with van der Waals surface area (Å²) >= 11 is 0. The highest BCUT2D eigenvalue weighted by Gasteiger charge is 2.02. The lowest BCUT2D eigenvalue weighted by molar-refractivity contribution is 0.409. The molecule has 1 aromatic carbocycles. The summed E-state index contributed by atoms with van der Waals surface area (Å²) in [4.78, 5) is 4.61. The zero-order valence-corrected chi connectivity index (χ0v) is 17.3. The topological polar surface area (TPSA) is 63.5 Å². The molecule has 1 aromatic heterocycles. The molecule has 0 aliphatic heterocycles. The van der Waals surface area contributed by atoms with Gasteiger partial charge >= 0.3 is 0 Å². The van der Waals surface area contributed by atoms with Gasteiger partial charge in [-0.15, -0.1) is 24.0 Å².